The van der Waals surface area contributed by atoms with Crippen LogP contribution in [0.4, 0.5) is 0 Å². The van der Waals surface area contributed by atoms with Crippen molar-refractivity contribution in [3.05, 3.63) is 29.8 Å². The second-order valence-electron chi connectivity index (χ2n) is 6.72. The molecule has 0 saturated heterocycles. The summed E-state index contributed by atoms with van der Waals surface area (Å²) in [7, 11) is 0. The summed E-state index contributed by atoms with van der Waals surface area (Å²) in [5, 5.41) is 15.8. The fourth-order valence-corrected chi connectivity index (χ4v) is 3.22. The summed E-state index contributed by atoms with van der Waals surface area (Å²) in [5.41, 5.74) is 0.629. The van der Waals surface area contributed by atoms with Crippen molar-refractivity contribution < 1.29 is 14.7 Å². The molecule has 2 aliphatic rings. The van der Waals surface area contributed by atoms with Gasteiger partial charge in [0.05, 0.1) is 6.42 Å². The van der Waals surface area contributed by atoms with E-state index in [1.165, 1.54) is 0 Å². The smallest absolute Gasteiger partial charge is 0.224 e. The van der Waals surface area contributed by atoms with Crippen molar-refractivity contribution in [3.8, 4) is 5.75 Å². The fourth-order valence-electron chi connectivity index (χ4n) is 3.22. The summed E-state index contributed by atoms with van der Waals surface area (Å²) in [4.78, 5) is 24.3. The lowest BCUT2D eigenvalue weighted by molar-refractivity contribution is -0.127. The predicted molar refractivity (Wildman–Crippen MR) is 86.9 cm³/mol. The number of amides is 2. The Labute approximate surface area is 136 Å². The first-order valence-corrected chi connectivity index (χ1v) is 8.48. The third kappa shape index (κ3) is 4.47. The number of aromatic hydroxyl groups is 1. The largest absolute Gasteiger partial charge is 0.508 e. The molecule has 0 bridgehead atoms. The third-order valence-electron chi connectivity index (χ3n) is 4.68. The molecule has 0 heterocycles. The second kappa shape index (κ2) is 7.02. The zero-order valence-corrected chi connectivity index (χ0v) is 13.3. The number of carbonyl (C=O) groups excluding carboxylic acids is 2. The van der Waals surface area contributed by atoms with Crippen molar-refractivity contribution >= 4 is 11.8 Å². The van der Waals surface area contributed by atoms with Gasteiger partial charge >= 0.3 is 0 Å². The maximum atomic E-state index is 12.2. The maximum absolute atomic E-state index is 12.2. The molecule has 0 aliphatic heterocycles. The summed E-state index contributed by atoms with van der Waals surface area (Å²) in [6, 6.07) is 7.32. The molecule has 124 valence electrons. The van der Waals surface area contributed by atoms with Crippen LogP contribution >= 0.6 is 0 Å². The first-order valence-electron chi connectivity index (χ1n) is 8.48. The Kier molecular flexibility index (Phi) is 4.84. The normalized spacial score (nSPS) is 24.0. The molecule has 2 atom stereocenters. The van der Waals surface area contributed by atoms with Gasteiger partial charge in [-0.2, -0.15) is 0 Å². The number of phenols is 1. The lowest BCUT2D eigenvalue weighted by atomic mass is 9.85. The minimum Gasteiger partial charge on any atom is -0.508 e. The molecule has 1 aromatic carbocycles. The minimum absolute atomic E-state index is 0.0137. The van der Waals surface area contributed by atoms with E-state index in [4.69, 9.17) is 0 Å². The van der Waals surface area contributed by atoms with Crippen LogP contribution in [0.15, 0.2) is 24.3 Å². The first kappa shape index (κ1) is 15.8. The minimum atomic E-state index is -0.0975. The molecular weight excluding hydrogens is 292 g/mol. The molecule has 5 heteroatoms. The van der Waals surface area contributed by atoms with E-state index in [-0.39, 0.29) is 35.9 Å². The molecule has 3 N–H and O–H groups in total. The molecule has 0 spiro atoms. The van der Waals surface area contributed by atoms with E-state index in [2.05, 4.69) is 10.6 Å². The summed E-state index contributed by atoms with van der Waals surface area (Å²) in [6.45, 7) is 0. The van der Waals surface area contributed by atoms with Crippen LogP contribution in [0.3, 0.4) is 0 Å². The number of rotatable bonds is 5. The van der Waals surface area contributed by atoms with Crippen molar-refractivity contribution in [2.24, 2.45) is 5.92 Å². The second-order valence-corrected chi connectivity index (χ2v) is 6.72. The van der Waals surface area contributed by atoms with Gasteiger partial charge in [-0.05, 0) is 38.2 Å². The fraction of sp³-hybridized carbons (Fsp3) is 0.556. The van der Waals surface area contributed by atoms with Gasteiger partial charge in [0.15, 0.2) is 0 Å². The van der Waals surface area contributed by atoms with E-state index in [1.54, 1.807) is 24.3 Å². The van der Waals surface area contributed by atoms with Gasteiger partial charge in [0.1, 0.15) is 5.75 Å². The van der Waals surface area contributed by atoms with Gasteiger partial charge < -0.3 is 15.7 Å². The summed E-state index contributed by atoms with van der Waals surface area (Å²) < 4.78 is 0. The van der Waals surface area contributed by atoms with Gasteiger partial charge in [-0.1, -0.05) is 24.6 Å². The van der Waals surface area contributed by atoms with Gasteiger partial charge in [0.2, 0.25) is 11.8 Å². The first-order chi connectivity index (χ1) is 11.1. The van der Waals surface area contributed by atoms with Gasteiger partial charge in [-0.3, -0.25) is 9.59 Å². The summed E-state index contributed by atoms with van der Waals surface area (Å²) in [6.07, 6.45) is 5.86. The standard InChI is InChI=1S/C18H24N2O3/c21-16-7-2-1-4-12(16)11-17(22)19-15-6-3-5-13(10-15)18(23)20-14-8-9-14/h1-2,4,7,13-15,21H,3,5-6,8-11H2,(H,19,22)(H,20,23). The Morgan fingerprint density at radius 3 is 2.57 bits per heavy atom. The van der Waals surface area contributed by atoms with Crippen LogP contribution in [0.25, 0.3) is 0 Å². The molecule has 2 saturated carbocycles. The molecule has 1 aromatic rings. The maximum Gasteiger partial charge on any atom is 0.224 e. The predicted octanol–water partition coefficient (Wildman–Crippen LogP) is 1.89. The molecule has 2 fully saturated rings. The molecule has 0 radical (unpaired) electrons. The number of hydrogen-bond donors (Lipinski definition) is 3. The number of nitrogens with one attached hydrogen (secondary N) is 2. The Bertz CT molecular complexity index is 583. The Balaban J connectivity index is 1.49. The number of phenolic OH excluding ortho intramolecular Hbond substituents is 1. The number of carbonyl (C=O) groups is 2. The molecule has 23 heavy (non-hydrogen) atoms. The monoisotopic (exact) mass is 316 g/mol. The van der Waals surface area contributed by atoms with Crippen LogP contribution in [0.2, 0.25) is 0 Å². The zero-order valence-electron chi connectivity index (χ0n) is 13.3. The Morgan fingerprint density at radius 1 is 1.04 bits per heavy atom. The highest BCUT2D eigenvalue weighted by Crippen LogP contribution is 2.27. The van der Waals surface area contributed by atoms with Crippen LogP contribution in [0, 0.1) is 5.92 Å². The van der Waals surface area contributed by atoms with E-state index >= 15 is 0 Å². The van der Waals surface area contributed by atoms with Crippen molar-refractivity contribution in [1.29, 1.82) is 0 Å². The van der Waals surface area contributed by atoms with E-state index in [9.17, 15) is 14.7 Å². The van der Waals surface area contributed by atoms with Crippen molar-refractivity contribution in [1.82, 2.24) is 10.6 Å². The van der Waals surface area contributed by atoms with E-state index in [0.717, 1.165) is 32.1 Å². The Hall–Kier alpha value is -2.04. The molecule has 3 rings (SSSR count). The highest BCUT2D eigenvalue weighted by Gasteiger charge is 2.31. The molecule has 0 aromatic heterocycles. The van der Waals surface area contributed by atoms with Gasteiger partial charge in [0, 0.05) is 23.6 Å². The molecular formula is C18H24N2O3. The van der Waals surface area contributed by atoms with E-state index in [1.807, 2.05) is 0 Å². The van der Waals surface area contributed by atoms with Crippen LogP contribution in [0.1, 0.15) is 44.1 Å². The van der Waals surface area contributed by atoms with E-state index in [0.29, 0.717) is 18.0 Å². The van der Waals surface area contributed by atoms with Crippen LogP contribution in [-0.4, -0.2) is 29.0 Å². The third-order valence-corrected chi connectivity index (χ3v) is 4.68. The quantitative estimate of drug-likeness (QED) is 0.776. The topological polar surface area (TPSA) is 78.4 Å². The van der Waals surface area contributed by atoms with Crippen molar-refractivity contribution in [3.63, 3.8) is 0 Å². The average Bonchev–Trinajstić information content (AvgIpc) is 3.34. The van der Waals surface area contributed by atoms with Crippen molar-refractivity contribution in [2.75, 3.05) is 0 Å². The lowest BCUT2D eigenvalue weighted by Gasteiger charge is -2.29. The summed E-state index contributed by atoms with van der Waals surface area (Å²) in [5.74, 6) is 0.208. The van der Waals surface area contributed by atoms with Crippen molar-refractivity contribution in [2.45, 2.75) is 57.0 Å². The molecule has 2 aliphatic carbocycles. The Morgan fingerprint density at radius 2 is 1.83 bits per heavy atom. The zero-order chi connectivity index (χ0) is 16.2. The van der Waals surface area contributed by atoms with Gasteiger partial charge in [0.25, 0.3) is 0 Å². The van der Waals surface area contributed by atoms with Crippen LogP contribution in [-0.2, 0) is 16.0 Å². The summed E-state index contributed by atoms with van der Waals surface area (Å²) >= 11 is 0. The highest BCUT2D eigenvalue weighted by molar-refractivity contribution is 5.81. The highest BCUT2D eigenvalue weighted by atomic mass is 16.3. The SMILES string of the molecule is O=C(Cc1ccccc1O)NC1CCCC(C(=O)NC2CC2)C1. The van der Waals surface area contributed by atoms with Crippen LogP contribution in [0.5, 0.6) is 5.75 Å². The molecule has 2 amide bonds. The lowest BCUT2D eigenvalue weighted by Crippen LogP contribution is -2.43. The van der Waals surface area contributed by atoms with Gasteiger partial charge in [-0.15, -0.1) is 0 Å². The molecule has 5 nitrogen and oxygen atoms in total. The number of benzene rings is 1. The number of para-hydroxylation sites is 1. The average molecular weight is 316 g/mol. The van der Waals surface area contributed by atoms with Crippen LogP contribution < -0.4 is 10.6 Å². The van der Waals surface area contributed by atoms with E-state index < -0.39 is 0 Å². The van der Waals surface area contributed by atoms with Gasteiger partial charge in [-0.25, -0.2) is 0 Å². The molecule has 2 unspecified atom stereocenters. The number of hydrogen-bond acceptors (Lipinski definition) is 3.